The lowest BCUT2D eigenvalue weighted by atomic mass is 10.2. The Labute approximate surface area is 90.4 Å². The van der Waals surface area contributed by atoms with Crippen LogP contribution in [0.1, 0.15) is 25.7 Å². The summed E-state index contributed by atoms with van der Waals surface area (Å²) >= 11 is 0. The van der Waals surface area contributed by atoms with E-state index in [0.29, 0.717) is 6.54 Å². The highest BCUT2D eigenvalue weighted by Crippen LogP contribution is 2.33. The summed E-state index contributed by atoms with van der Waals surface area (Å²) in [7, 11) is 0. The van der Waals surface area contributed by atoms with Gasteiger partial charge >= 0.3 is 5.97 Å². The summed E-state index contributed by atoms with van der Waals surface area (Å²) in [6, 6.07) is -0.720. The smallest absolute Gasteiger partial charge is 0.321 e. The molecule has 4 nitrogen and oxygen atoms in total. The SMILES string of the molecule is NC(CN(CC1CC1)CC1CC1)C(=O)O. The number of hydrogen-bond donors (Lipinski definition) is 2. The molecule has 0 bridgehead atoms. The van der Waals surface area contributed by atoms with Crippen molar-refractivity contribution >= 4 is 5.97 Å². The molecule has 4 heteroatoms. The molecule has 0 aromatic rings. The molecule has 2 rings (SSSR count). The Morgan fingerprint density at radius 3 is 2.07 bits per heavy atom. The Balaban J connectivity index is 1.76. The van der Waals surface area contributed by atoms with E-state index in [1.807, 2.05) is 0 Å². The molecule has 0 aromatic heterocycles. The zero-order chi connectivity index (χ0) is 10.8. The second-order valence-electron chi connectivity index (χ2n) is 5.05. The van der Waals surface area contributed by atoms with Crippen molar-refractivity contribution in [3.8, 4) is 0 Å². The van der Waals surface area contributed by atoms with E-state index < -0.39 is 12.0 Å². The third kappa shape index (κ3) is 3.80. The first-order valence-corrected chi connectivity index (χ1v) is 5.86. The normalized spacial score (nSPS) is 23.1. The van der Waals surface area contributed by atoms with Crippen molar-refractivity contribution in [1.82, 2.24) is 4.90 Å². The lowest BCUT2D eigenvalue weighted by Crippen LogP contribution is -2.44. The minimum atomic E-state index is -0.883. The Kier molecular flexibility index (Phi) is 3.26. The van der Waals surface area contributed by atoms with Crippen molar-refractivity contribution in [3.63, 3.8) is 0 Å². The van der Waals surface area contributed by atoms with Gasteiger partial charge in [-0.3, -0.25) is 4.79 Å². The number of aliphatic carboxylic acids is 1. The molecule has 2 aliphatic carbocycles. The summed E-state index contributed by atoms with van der Waals surface area (Å²) in [5.74, 6) is 0.737. The zero-order valence-corrected chi connectivity index (χ0v) is 9.06. The van der Waals surface area contributed by atoms with Crippen LogP contribution in [-0.2, 0) is 4.79 Å². The molecule has 1 atom stereocenters. The lowest BCUT2D eigenvalue weighted by molar-refractivity contribution is -0.139. The van der Waals surface area contributed by atoms with Crippen LogP contribution in [0.3, 0.4) is 0 Å². The van der Waals surface area contributed by atoms with Gasteiger partial charge in [0, 0.05) is 19.6 Å². The van der Waals surface area contributed by atoms with Crippen molar-refractivity contribution in [3.05, 3.63) is 0 Å². The minimum absolute atomic E-state index is 0.516. The first-order valence-electron chi connectivity index (χ1n) is 5.86. The first-order chi connectivity index (χ1) is 7.15. The van der Waals surface area contributed by atoms with Crippen molar-refractivity contribution < 1.29 is 9.90 Å². The van der Waals surface area contributed by atoms with Crippen molar-refractivity contribution in [1.29, 1.82) is 0 Å². The molecule has 0 heterocycles. The maximum absolute atomic E-state index is 10.7. The Hall–Kier alpha value is -0.610. The average molecular weight is 212 g/mol. The number of carboxylic acid groups (broad SMARTS) is 1. The molecule has 0 aromatic carbocycles. The van der Waals surface area contributed by atoms with Gasteiger partial charge in [0.05, 0.1) is 0 Å². The van der Waals surface area contributed by atoms with E-state index in [9.17, 15) is 4.79 Å². The van der Waals surface area contributed by atoms with Gasteiger partial charge < -0.3 is 15.7 Å². The Morgan fingerprint density at radius 1 is 1.27 bits per heavy atom. The second-order valence-corrected chi connectivity index (χ2v) is 5.05. The van der Waals surface area contributed by atoms with Gasteiger partial charge in [-0.25, -0.2) is 0 Å². The second kappa shape index (κ2) is 4.49. The van der Waals surface area contributed by atoms with Crippen LogP contribution in [0, 0.1) is 11.8 Å². The van der Waals surface area contributed by atoms with Gasteiger partial charge in [0.25, 0.3) is 0 Å². The van der Waals surface area contributed by atoms with Crippen LogP contribution in [0.5, 0.6) is 0 Å². The Bertz CT molecular complexity index is 223. The van der Waals surface area contributed by atoms with Crippen LogP contribution in [0.25, 0.3) is 0 Å². The zero-order valence-electron chi connectivity index (χ0n) is 9.06. The monoisotopic (exact) mass is 212 g/mol. The molecule has 0 amide bonds. The van der Waals surface area contributed by atoms with Gasteiger partial charge in [0.15, 0.2) is 0 Å². The minimum Gasteiger partial charge on any atom is -0.480 e. The third-order valence-electron chi connectivity index (χ3n) is 3.20. The van der Waals surface area contributed by atoms with Crippen LogP contribution in [0.4, 0.5) is 0 Å². The molecule has 2 fully saturated rings. The highest BCUT2D eigenvalue weighted by Gasteiger charge is 2.30. The molecule has 15 heavy (non-hydrogen) atoms. The van der Waals surface area contributed by atoms with E-state index in [-0.39, 0.29) is 0 Å². The fraction of sp³-hybridized carbons (Fsp3) is 0.909. The first kappa shape index (κ1) is 10.9. The molecule has 3 N–H and O–H groups in total. The average Bonchev–Trinajstić information content (AvgIpc) is 2.98. The van der Waals surface area contributed by atoms with Gasteiger partial charge in [-0.2, -0.15) is 0 Å². The van der Waals surface area contributed by atoms with Crippen LogP contribution in [0.15, 0.2) is 0 Å². The molecule has 2 aliphatic rings. The summed E-state index contributed by atoms with van der Waals surface area (Å²) in [5.41, 5.74) is 5.57. The van der Waals surface area contributed by atoms with E-state index in [2.05, 4.69) is 4.90 Å². The Morgan fingerprint density at radius 2 is 1.73 bits per heavy atom. The highest BCUT2D eigenvalue weighted by atomic mass is 16.4. The van der Waals surface area contributed by atoms with Crippen LogP contribution in [-0.4, -0.2) is 41.7 Å². The molecule has 1 unspecified atom stereocenters. The van der Waals surface area contributed by atoms with E-state index in [1.54, 1.807) is 0 Å². The van der Waals surface area contributed by atoms with E-state index >= 15 is 0 Å². The maximum atomic E-state index is 10.7. The van der Waals surface area contributed by atoms with Crippen molar-refractivity contribution in [2.75, 3.05) is 19.6 Å². The van der Waals surface area contributed by atoms with Crippen LogP contribution in [0.2, 0.25) is 0 Å². The quantitative estimate of drug-likeness (QED) is 0.645. The predicted octanol–water partition coefficient (Wildman–Crippen LogP) is 0.520. The molecule has 0 radical (unpaired) electrons. The molecule has 0 saturated heterocycles. The topological polar surface area (TPSA) is 66.6 Å². The van der Waals surface area contributed by atoms with Gasteiger partial charge in [0.1, 0.15) is 6.04 Å². The molecule has 0 spiro atoms. The molecule has 86 valence electrons. The number of carboxylic acids is 1. The number of carbonyl (C=O) groups is 1. The molecule has 0 aliphatic heterocycles. The highest BCUT2D eigenvalue weighted by molar-refractivity contribution is 5.73. The number of rotatable bonds is 7. The maximum Gasteiger partial charge on any atom is 0.321 e. The van der Waals surface area contributed by atoms with Gasteiger partial charge in [-0.05, 0) is 37.5 Å². The largest absolute Gasteiger partial charge is 0.480 e. The van der Waals surface area contributed by atoms with Crippen molar-refractivity contribution in [2.24, 2.45) is 17.6 Å². The standard InChI is InChI=1S/C11H20N2O2/c12-10(11(14)15)7-13(5-8-1-2-8)6-9-3-4-9/h8-10H,1-7,12H2,(H,14,15). The van der Waals surface area contributed by atoms with Crippen LogP contribution >= 0.6 is 0 Å². The van der Waals surface area contributed by atoms with Crippen LogP contribution < -0.4 is 5.73 Å². The fourth-order valence-corrected chi connectivity index (χ4v) is 1.91. The summed E-state index contributed by atoms with van der Waals surface area (Å²) in [6.07, 6.45) is 5.24. The summed E-state index contributed by atoms with van der Waals surface area (Å²) in [5, 5.41) is 8.78. The van der Waals surface area contributed by atoms with E-state index in [0.717, 1.165) is 24.9 Å². The van der Waals surface area contributed by atoms with E-state index in [1.165, 1.54) is 25.7 Å². The van der Waals surface area contributed by atoms with Crippen molar-refractivity contribution in [2.45, 2.75) is 31.7 Å². The third-order valence-corrected chi connectivity index (χ3v) is 3.20. The van der Waals surface area contributed by atoms with Gasteiger partial charge in [0.2, 0.25) is 0 Å². The fourth-order valence-electron chi connectivity index (χ4n) is 1.91. The molecular weight excluding hydrogens is 192 g/mol. The predicted molar refractivity (Wildman–Crippen MR) is 57.5 cm³/mol. The molecular formula is C11H20N2O2. The summed E-state index contributed by atoms with van der Waals surface area (Å²) < 4.78 is 0. The number of hydrogen-bond acceptors (Lipinski definition) is 3. The van der Waals surface area contributed by atoms with E-state index in [4.69, 9.17) is 10.8 Å². The van der Waals surface area contributed by atoms with Gasteiger partial charge in [-0.1, -0.05) is 0 Å². The summed E-state index contributed by atoms with van der Waals surface area (Å²) in [6.45, 7) is 2.62. The lowest BCUT2D eigenvalue weighted by Gasteiger charge is -2.23. The molecule has 2 saturated carbocycles. The summed E-state index contributed by atoms with van der Waals surface area (Å²) in [4.78, 5) is 12.9. The van der Waals surface area contributed by atoms with Gasteiger partial charge in [-0.15, -0.1) is 0 Å². The number of nitrogens with zero attached hydrogens (tertiary/aromatic N) is 1. The number of nitrogens with two attached hydrogens (primary N) is 1.